The van der Waals surface area contributed by atoms with Gasteiger partial charge in [0, 0.05) is 0 Å². The highest BCUT2D eigenvalue weighted by Crippen LogP contribution is 2.25. The molecule has 0 aromatic carbocycles. The van der Waals surface area contributed by atoms with E-state index in [1.807, 2.05) is 0 Å². The maximum absolute atomic E-state index is 11.8. The maximum Gasteiger partial charge on any atom is 0.250 e. The number of furan rings is 1. The minimum atomic E-state index is -3.55. The number of rotatable bonds is 4. The standard InChI is InChI=1S/C9H7Cl2NO3S2/c10-7-2-1-6(15-7)5-12-17(13,14)9-4-3-8(11)16-9/h1-4,12H,5H2. The molecule has 0 saturated heterocycles. The van der Waals surface area contributed by atoms with Crippen LogP contribution >= 0.6 is 34.5 Å². The monoisotopic (exact) mass is 311 g/mol. The average Bonchev–Trinajstić information content (AvgIpc) is 2.85. The van der Waals surface area contributed by atoms with Crippen LogP contribution in [-0.4, -0.2) is 8.42 Å². The Bertz CT molecular complexity index is 618. The van der Waals surface area contributed by atoms with Crippen molar-refractivity contribution in [3.05, 3.63) is 39.6 Å². The highest BCUT2D eigenvalue weighted by atomic mass is 35.5. The summed E-state index contributed by atoms with van der Waals surface area (Å²) in [5.74, 6) is 0.446. The van der Waals surface area contributed by atoms with Crippen LogP contribution in [0.2, 0.25) is 9.56 Å². The lowest BCUT2D eigenvalue weighted by molar-refractivity contribution is 0.500. The fourth-order valence-corrected chi connectivity index (χ4v) is 3.81. The average molecular weight is 312 g/mol. The van der Waals surface area contributed by atoms with E-state index in [9.17, 15) is 8.42 Å². The summed E-state index contributed by atoms with van der Waals surface area (Å²) in [5, 5.41) is 0.221. The van der Waals surface area contributed by atoms with Crippen molar-refractivity contribution >= 4 is 44.6 Å². The molecule has 8 heteroatoms. The lowest BCUT2D eigenvalue weighted by Gasteiger charge is -2.01. The molecule has 2 heterocycles. The molecule has 0 saturated carbocycles. The molecule has 0 aliphatic rings. The predicted molar refractivity (Wildman–Crippen MR) is 67.1 cm³/mol. The number of hydrogen-bond donors (Lipinski definition) is 1. The second-order valence-electron chi connectivity index (χ2n) is 3.09. The number of sulfonamides is 1. The zero-order chi connectivity index (χ0) is 12.5. The summed E-state index contributed by atoms with van der Waals surface area (Å²) in [4.78, 5) is 0. The molecule has 92 valence electrons. The van der Waals surface area contributed by atoms with Crippen LogP contribution in [0.25, 0.3) is 0 Å². The Morgan fingerprint density at radius 3 is 2.53 bits per heavy atom. The van der Waals surface area contributed by atoms with Crippen LogP contribution in [0.15, 0.2) is 32.9 Å². The summed E-state index contributed by atoms with van der Waals surface area (Å²) in [5.41, 5.74) is 0. The molecular formula is C9H7Cl2NO3S2. The molecular weight excluding hydrogens is 305 g/mol. The third kappa shape index (κ3) is 3.23. The van der Waals surface area contributed by atoms with Gasteiger partial charge in [-0.2, -0.15) is 0 Å². The number of thiophene rings is 1. The maximum atomic E-state index is 11.8. The lowest BCUT2D eigenvalue weighted by Crippen LogP contribution is -2.22. The van der Waals surface area contributed by atoms with Crippen molar-refractivity contribution in [3.8, 4) is 0 Å². The molecule has 0 unspecified atom stereocenters. The van der Waals surface area contributed by atoms with Crippen LogP contribution in [0.5, 0.6) is 0 Å². The van der Waals surface area contributed by atoms with Gasteiger partial charge >= 0.3 is 0 Å². The fraction of sp³-hybridized carbons (Fsp3) is 0.111. The quantitative estimate of drug-likeness (QED) is 0.943. The summed E-state index contributed by atoms with van der Waals surface area (Å²) in [7, 11) is -3.55. The number of halogens is 2. The largest absolute Gasteiger partial charge is 0.448 e. The molecule has 0 aliphatic heterocycles. The topological polar surface area (TPSA) is 59.3 Å². The van der Waals surface area contributed by atoms with E-state index >= 15 is 0 Å². The second kappa shape index (κ2) is 4.99. The Morgan fingerprint density at radius 1 is 1.24 bits per heavy atom. The number of nitrogens with one attached hydrogen (secondary N) is 1. The van der Waals surface area contributed by atoms with Gasteiger partial charge in [-0.25, -0.2) is 13.1 Å². The zero-order valence-electron chi connectivity index (χ0n) is 8.31. The molecule has 0 bridgehead atoms. The Kier molecular flexibility index (Phi) is 3.79. The van der Waals surface area contributed by atoms with Crippen molar-refractivity contribution in [2.24, 2.45) is 0 Å². The molecule has 2 rings (SSSR count). The van der Waals surface area contributed by atoms with Gasteiger partial charge in [-0.05, 0) is 35.9 Å². The van der Waals surface area contributed by atoms with E-state index in [4.69, 9.17) is 27.6 Å². The molecule has 0 amide bonds. The molecule has 17 heavy (non-hydrogen) atoms. The van der Waals surface area contributed by atoms with E-state index in [1.54, 1.807) is 12.1 Å². The zero-order valence-corrected chi connectivity index (χ0v) is 11.5. The summed E-state index contributed by atoms with van der Waals surface area (Å²) in [6, 6.07) is 6.13. The van der Waals surface area contributed by atoms with Gasteiger partial charge in [0.25, 0.3) is 10.0 Å². The van der Waals surface area contributed by atoms with Crippen LogP contribution in [0.1, 0.15) is 5.76 Å². The Balaban J connectivity index is 2.08. The molecule has 1 N–H and O–H groups in total. The van der Waals surface area contributed by atoms with Crippen molar-refractivity contribution in [3.63, 3.8) is 0 Å². The van der Waals surface area contributed by atoms with Crippen molar-refractivity contribution in [1.82, 2.24) is 4.72 Å². The van der Waals surface area contributed by atoms with Gasteiger partial charge in [-0.15, -0.1) is 11.3 Å². The lowest BCUT2D eigenvalue weighted by atomic mass is 10.5. The van der Waals surface area contributed by atoms with E-state index in [2.05, 4.69) is 4.72 Å². The van der Waals surface area contributed by atoms with Crippen molar-refractivity contribution in [1.29, 1.82) is 0 Å². The number of hydrogen-bond acceptors (Lipinski definition) is 4. The van der Waals surface area contributed by atoms with Crippen molar-refractivity contribution < 1.29 is 12.8 Å². The summed E-state index contributed by atoms with van der Waals surface area (Å²) >= 11 is 12.2. The molecule has 2 aromatic heterocycles. The third-order valence-electron chi connectivity index (χ3n) is 1.88. The van der Waals surface area contributed by atoms with Crippen LogP contribution in [-0.2, 0) is 16.6 Å². The first-order valence-electron chi connectivity index (χ1n) is 4.46. The van der Waals surface area contributed by atoms with Gasteiger partial charge < -0.3 is 4.42 Å². The Hall–Kier alpha value is -0.530. The summed E-state index contributed by atoms with van der Waals surface area (Å²) in [6.45, 7) is 0.0462. The van der Waals surface area contributed by atoms with Gasteiger partial charge in [0.1, 0.15) is 9.97 Å². The van der Waals surface area contributed by atoms with Gasteiger partial charge in [-0.3, -0.25) is 0 Å². The van der Waals surface area contributed by atoms with E-state index in [-0.39, 0.29) is 16.0 Å². The molecule has 0 spiro atoms. The van der Waals surface area contributed by atoms with E-state index in [1.165, 1.54) is 12.1 Å². The van der Waals surface area contributed by atoms with Crippen LogP contribution < -0.4 is 4.72 Å². The molecule has 0 atom stereocenters. The minimum Gasteiger partial charge on any atom is -0.448 e. The first-order chi connectivity index (χ1) is 7.97. The predicted octanol–water partition coefficient (Wildman–Crippen LogP) is 3.13. The van der Waals surface area contributed by atoms with Crippen LogP contribution in [0.3, 0.4) is 0 Å². The smallest absolute Gasteiger partial charge is 0.250 e. The summed E-state index contributed by atoms with van der Waals surface area (Å²) in [6.07, 6.45) is 0. The Morgan fingerprint density at radius 2 is 2.00 bits per heavy atom. The highest BCUT2D eigenvalue weighted by Gasteiger charge is 2.16. The first kappa shape index (κ1) is 12.9. The van der Waals surface area contributed by atoms with Gasteiger partial charge in [-0.1, -0.05) is 11.6 Å². The third-order valence-corrected chi connectivity index (χ3v) is 5.21. The van der Waals surface area contributed by atoms with Crippen LogP contribution in [0.4, 0.5) is 0 Å². The van der Waals surface area contributed by atoms with E-state index in [0.717, 1.165) is 11.3 Å². The molecule has 0 aliphatic carbocycles. The molecule has 2 aromatic rings. The molecule has 4 nitrogen and oxygen atoms in total. The second-order valence-corrected chi connectivity index (χ2v) is 7.17. The SMILES string of the molecule is O=S(=O)(NCc1ccc(Cl)o1)c1ccc(Cl)s1. The minimum absolute atomic E-state index is 0.0462. The first-order valence-corrected chi connectivity index (χ1v) is 7.52. The summed E-state index contributed by atoms with van der Waals surface area (Å²) < 4.78 is 31.6. The van der Waals surface area contributed by atoms with E-state index in [0.29, 0.717) is 10.1 Å². The van der Waals surface area contributed by atoms with E-state index < -0.39 is 10.0 Å². The molecule has 0 fully saturated rings. The molecule has 0 radical (unpaired) electrons. The Labute approximate surface area is 112 Å². The normalized spacial score (nSPS) is 11.9. The van der Waals surface area contributed by atoms with Crippen LogP contribution in [0, 0.1) is 0 Å². The van der Waals surface area contributed by atoms with Crippen molar-refractivity contribution in [2.45, 2.75) is 10.8 Å². The fourth-order valence-electron chi connectivity index (χ4n) is 1.13. The van der Waals surface area contributed by atoms with Gasteiger partial charge in [0.2, 0.25) is 0 Å². The van der Waals surface area contributed by atoms with Gasteiger partial charge in [0.15, 0.2) is 5.22 Å². The van der Waals surface area contributed by atoms with Gasteiger partial charge in [0.05, 0.1) is 10.9 Å². The highest BCUT2D eigenvalue weighted by molar-refractivity contribution is 7.91. The van der Waals surface area contributed by atoms with Crippen molar-refractivity contribution in [2.75, 3.05) is 0 Å².